The van der Waals surface area contributed by atoms with Crippen molar-refractivity contribution in [1.82, 2.24) is 4.98 Å². The lowest BCUT2D eigenvalue weighted by atomic mass is 9.91. The van der Waals surface area contributed by atoms with Crippen LogP contribution < -0.4 is 5.73 Å². The van der Waals surface area contributed by atoms with Gasteiger partial charge in [0.2, 0.25) is 0 Å². The summed E-state index contributed by atoms with van der Waals surface area (Å²) in [5.74, 6) is 0.0462. The van der Waals surface area contributed by atoms with E-state index in [1.807, 2.05) is 13.0 Å². The highest BCUT2D eigenvalue weighted by molar-refractivity contribution is 9.10. The van der Waals surface area contributed by atoms with E-state index in [-0.39, 0.29) is 5.78 Å². The fourth-order valence-electron chi connectivity index (χ4n) is 1.14. The Hall–Kier alpha value is -0.740. The SMILES string of the molecule is CCC(C)(N)C(=O)Cc1cncc(Br)c1. The van der Waals surface area contributed by atoms with Gasteiger partial charge in [0, 0.05) is 23.3 Å². The predicted octanol–water partition coefficient (Wildman–Crippen LogP) is 2.08. The van der Waals surface area contributed by atoms with Crippen LogP contribution in [0.15, 0.2) is 22.9 Å². The summed E-state index contributed by atoms with van der Waals surface area (Å²) < 4.78 is 0.878. The van der Waals surface area contributed by atoms with Gasteiger partial charge in [0.1, 0.15) is 0 Å². The number of nitrogens with two attached hydrogens (primary N) is 1. The van der Waals surface area contributed by atoms with E-state index in [0.29, 0.717) is 12.8 Å². The first kappa shape index (κ1) is 12.3. The Kier molecular flexibility index (Phi) is 3.99. The molecule has 0 amide bonds. The van der Waals surface area contributed by atoms with Crippen molar-refractivity contribution in [3.05, 3.63) is 28.5 Å². The molecule has 2 N–H and O–H groups in total. The Bertz CT molecular complexity index is 363. The molecule has 0 bridgehead atoms. The standard InChI is InChI=1S/C11H15BrN2O/c1-3-11(2,13)10(15)5-8-4-9(12)7-14-6-8/h4,6-7H,3,5,13H2,1-2H3. The quantitative estimate of drug-likeness (QED) is 0.912. The van der Waals surface area contributed by atoms with Gasteiger partial charge in [-0.2, -0.15) is 0 Å². The Morgan fingerprint density at radius 2 is 2.27 bits per heavy atom. The summed E-state index contributed by atoms with van der Waals surface area (Å²) in [4.78, 5) is 15.8. The Labute approximate surface area is 98.2 Å². The monoisotopic (exact) mass is 270 g/mol. The van der Waals surface area contributed by atoms with E-state index < -0.39 is 5.54 Å². The fourth-order valence-corrected chi connectivity index (χ4v) is 1.55. The molecule has 1 aromatic rings. The molecule has 0 saturated heterocycles. The third kappa shape index (κ3) is 3.39. The van der Waals surface area contributed by atoms with E-state index in [0.717, 1.165) is 10.0 Å². The molecule has 15 heavy (non-hydrogen) atoms. The van der Waals surface area contributed by atoms with Crippen LogP contribution in [0.3, 0.4) is 0 Å². The van der Waals surface area contributed by atoms with Gasteiger partial charge in [-0.3, -0.25) is 9.78 Å². The van der Waals surface area contributed by atoms with Gasteiger partial charge in [-0.1, -0.05) is 6.92 Å². The molecule has 1 aromatic heterocycles. The Morgan fingerprint density at radius 3 is 2.80 bits per heavy atom. The molecule has 3 nitrogen and oxygen atoms in total. The summed E-state index contributed by atoms with van der Waals surface area (Å²) in [5, 5.41) is 0. The summed E-state index contributed by atoms with van der Waals surface area (Å²) in [6.07, 6.45) is 4.37. The molecule has 0 aliphatic rings. The Balaban J connectivity index is 2.75. The average Bonchev–Trinajstić information content (AvgIpc) is 2.17. The van der Waals surface area contributed by atoms with Gasteiger partial charge >= 0.3 is 0 Å². The van der Waals surface area contributed by atoms with Crippen LogP contribution in [-0.2, 0) is 11.2 Å². The lowest BCUT2D eigenvalue weighted by Crippen LogP contribution is -2.45. The van der Waals surface area contributed by atoms with E-state index in [1.54, 1.807) is 19.3 Å². The Morgan fingerprint density at radius 1 is 1.60 bits per heavy atom. The molecule has 0 radical (unpaired) electrons. The number of rotatable bonds is 4. The summed E-state index contributed by atoms with van der Waals surface area (Å²) in [6.45, 7) is 3.68. The first-order chi connectivity index (χ1) is 6.95. The number of hydrogen-bond acceptors (Lipinski definition) is 3. The normalized spacial score (nSPS) is 14.7. The maximum atomic E-state index is 11.8. The van der Waals surface area contributed by atoms with Crippen molar-refractivity contribution in [3.63, 3.8) is 0 Å². The first-order valence-corrected chi connectivity index (χ1v) is 5.66. The molecule has 82 valence electrons. The number of aromatic nitrogens is 1. The van der Waals surface area contributed by atoms with Crippen LogP contribution in [0, 0.1) is 0 Å². The molecule has 0 aliphatic heterocycles. The molecule has 1 rings (SSSR count). The van der Waals surface area contributed by atoms with Crippen molar-refractivity contribution in [2.24, 2.45) is 5.73 Å². The summed E-state index contributed by atoms with van der Waals surface area (Å²) in [7, 11) is 0. The van der Waals surface area contributed by atoms with Crippen molar-refractivity contribution in [2.75, 3.05) is 0 Å². The molecule has 0 aromatic carbocycles. The molecule has 0 spiro atoms. The third-order valence-electron chi connectivity index (χ3n) is 2.50. The molecule has 4 heteroatoms. The minimum absolute atomic E-state index is 0.0462. The zero-order valence-corrected chi connectivity index (χ0v) is 10.5. The number of carbonyl (C=O) groups excluding carboxylic acids is 1. The zero-order valence-electron chi connectivity index (χ0n) is 8.96. The molecule has 0 aliphatic carbocycles. The van der Waals surface area contributed by atoms with Crippen molar-refractivity contribution in [1.29, 1.82) is 0 Å². The smallest absolute Gasteiger partial charge is 0.156 e. The number of nitrogens with zero attached hydrogens (tertiary/aromatic N) is 1. The maximum Gasteiger partial charge on any atom is 0.156 e. The molecule has 0 saturated carbocycles. The van der Waals surface area contributed by atoms with Gasteiger partial charge in [-0.05, 0) is 40.9 Å². The first-order valence-electron chi connectivity index (χ1n) is 4.87. The van der Waals surface area contributed by atoms with Gasteiger partial charge in [-0.25, -0.2) is 0 Å². The molecular formula is C11H15BrN2O. The van der Waals surface area contributed by atoms with Gasteiger partial charge in [0.05, 0.1) is 5.54 Å². The van der Waals surface area contributed by atoms with Crippen LogP contribution in [-0.4, -0.2) is 16.3 Å². The third-order valence-corrected chi connectivity index (χ3v) is 2.93. The summed E-state index contributed by atoms with van der Waals surface area (Å²) in [6, 6.07) is 1.89. The summed E-state index contributed by atoms with van der Waals surface area (Å²) in [5.41, 5.74) is 6.02. The van der Waals surface area contributed by atoms with Gasteiger partial charge in [-0.15, -0.1) is 0 Å². The van der Waals surface area contributed by atoms with Crippen molar-refractivity contribution in [3.8, 4) is 0 Å². The van der Waals surface area contributed by atoms with Gasteiger partial charge in [0.15, 0.2) is 5.78 Å². The van der Waals surface area contributed by atoms with Gasteiger partial charge in [0.25, 0.3) is 0 Å². The largest absolute Gasteiger partial charge is 0.319 e. The predicted molar refractivity (Wildman–Crippen MR) is 63.5 cm³/mol. The van der Waals surface area contributed by atoms with Crippen LogP contribution in [0.1, 0.15) is 25.8 Å². The number of halogens is 1. The maximum absolute atomic E-state index is 11.8. The topological polar surface area (TPSA) is 56.0 Å². The highest BCUT2D eigenvalue weighted by Gasteiger charge is 2.25. The van der Waals surface area contributed by atoms with E-state index in [9.17, 15) is 4.79 Å². The second kappa shape index (κ2) is 4.86. The van der Waals surface area contributed by atoms with E-state index in [4.69, 9.17) is 5.73 Å². The molecular weight excluding hydrogens is 256 g/mol. The fraction of sp³-hybridized carbons (Fsp3) is 0.455. The molecule has 1 atom stereocenters. The van der Waals surface area contributed by atoms with Crippen molar-refractivity contribution in [2.45, 2.75) is 32.2 Å². The molecule has 0 fully saturated rings. The molecule has 1 unspecified atom stereocenters. The van der Waals surface area contributed by atoms with Crippen LogP contribution >= 0.6 is 15.9 Å². The number of pyridine rings is 1. The highest BCUT2D eigenvalue weighted by atomic mass is 79.9. The molecule has 1 heterocycles. The summed E-state index contributed by atoms with van der Waals surface area (Å²) >= 11 is 3.31. The zero-order chi connectivity index (χ0) is 11.5. The second-order valence-electron chi connectivity index (χ2n) is 3.88. The van der Waals surface area contributed by atoms with Crippen LogP contribution in [0.4, 0.5) is 0 Å². The van der Waals surface area contributed by atoms with Crippen molar-refractivity contribution >= 4 is 21.7 Å². The van der Waals surface area contributed by atoms with E-state index >= 15 is 0 Å². The van der Waals surface area contributed by atoms with Crippen molar-refractivity contribution < 1.29 is 4.79 Å². The average molecular weight is 271 g/mol. The minimum atomic E-state index is -0.734. The van der Waals surface area contributed by atoms with E-state index in [2.05, 4.69) is 20.9 Å². The lowest BCUT2D eigenvalue weighted by Gasteiger charge is -2.20. The number of ketones is 1. The van der Waals surface area contributed by atoms with E-state index in [1.165, 1.54) is 0 Å². The lowest BCUT2D eigenvalue weighted by molar-refractivity contribution is -0.123. The minimum Gasteiger partial charge on any atom is -0.319 e. The van der Waals surface area contributed by atoms with Crippen LogP contribution in [0.5, 0.6) is 0 Å². The number of carbonyl (C=O) groups is 1. The van der Waals surface area contributed by atoms with Crippen LogP contribution in [0.25, 0.3) is 0 Å². The van der Waals surface area contributed by atoms with Gasteiger partial charge < -0.3 is 5.73 Å². The van der Waals surface area contributed by atoms with Crippen LogP contribution in [0.2, 0.25) is 0 Å². The highest BCUT2D eigenvalue weighted by Crippen LogP contribution is 2.14. The number of hydrogen-bond donors (Lipinski definition) is 1. The number of Topliss-reactive ketones (excluding diaryl/α,β-unsaturated/α-hetero) is 1. The second-order valence-corrected chi connectivity index (χ2v) is 4.80.